The van der Waals surface area contributed by atoms with E-state index in [0.717, 1.165) is 31.6 Å². The van der Waals surface area contributed by atoms with Crippen LogP contribution < -0.4 is 10.6 Å². The van der Waals surface area contributed by atoms with Crippen LogP contribution in [0.2, 0.25) is 0 Å². The van der Waals surface area contributed by atoms with Crippen LogP contribution in [0, 0.1) is 0 Å². The van der Waals surface area contributed by atoms with E-state index < -0.39 is 0 Å². The third-order valence-electron chi connectivity index (χ3n) is 4.50. The van der Waals surface area contributed by atoms with E-state index >= 15 is 0 Å². The molecule has 0 aromatic heterocycles. The van der Waals surface area contributed by atoms with Crippen molar-refractivity contribution in [3.05, 3.63) is 47.9 Å². The molecule has 2 aliphatic heterocycles. The van der Waals surface area contributed by atoms with Gasteiger partial charge in [0.2, 0.25) is 0 Å². The highest BCUT2D eigenvalue weighted by Crippen LogP contribution is 2.17. The van der Waals surface area contributed by atoms with Gasteiger partial charge in [0.1, 0.15) is 0 Å². The second kappa shape index (κ2) is 10.5. The molecule has 0 atom stereocenters. The summed E-state index contributed by atoms with van der Waals surface area (Å²) in [5, 5.41) is 6.99. The Hall–Kier alpha value is -1.32. The maximum absolute atomic E-state index is 3.99. The van der Waals surface area contributed by atoms with Crippen LogP contribution in [0.15, 0.2) is 47.9 Å². The summed E-state index contributed by atoms with van der Waals surface area (Å²) in [6.07, 6.45) is 16.1. The fourth-order valence-electron chi connectivity index (χ4n) is 3.21. The molecule has 2 aliphatic rings. The topological polar surface area (TPSA) is 27.3 Å². The number of likely N-dealkylation sites (tertiary alicyclic amines) is 1. The van der Waals surface area contributed by atoms with Gasteiger partial charge in [0.05, 0.1) is 0 Å². The van der Waals surface area contributed by atoms with Gasteiger partial charge in [-0.3, -0.25) is 0 Å². The van der Waals surface area contributed by atoms with E-state index in [2.05, 4.69) is 53.3 Å². The Bertz CT molecular complexity index is 454. The van der Waals surface area contributed by atoms with Crippen LogP contribution in [0.25, 0.3) is 0 Å². The Kier molecular flexibility index (Phi) is 8.19. The standard InChI is InChI=1S/C20H33N3/c1-3-4-9-19(16-20-11-10-18(2)22-20)17-21-12-8-15-23-13-6-5-7-14-23/h3-4,9,11,21-22H,2,5-8,10,12-17H2,1H3/b4-3-,19-9+. The Morgan fingerprint density at radius 1 is 1.35 bits per heavy atom. The van der Waals surface area contributed by atoms with Crippen LogP contribution in [0.4, 0.5) is 0 Å². The van der Waals surface area contributed by atoms with E-state index in [1.807, 2.05) is 0 Å². The molecule has 0 amide bonds. The molecule has 0 unspecified atom stereocenters. The monoisotopic (exact) mass is 315 g/mol. The Morgan fingerprint density at radius 2 is 2.17 bits per heavy atom. The molecule has 0 aromatic rings. The molecule has 128 valence electrons. The minimum atomic E-state index is 0.968. The van der Waals surface area contributed by atoms with Crippen molar-refractivity contribution in [3.63, 3.8) is 0 Å². The molecule has 3 heteroatoms. The summed E-state index contributed by atoms with van der Waals surface area (Å²) in [6, 6.07) is 0. The average Bonchev–Trinajstić information content (AvgIpc) is 2.98. The van der Waals surface area contributed by atoms with Gasteiger partial charge >= 0.3 is 0 Å². The van der Waals surface area contributed by atoms with Crippen LogP contribution in [0.5, 0.6) is 0 Å². The fraction of sp³-hybridized carbons (Fsp3) is 0.600. The Labute approximate surface area is 142 Å². The smallest absolute Gasteiger partial charge is 0.0171 e. The average molecular weight is 316 g/mol. The van der Waals surface area contributed by atoms with Crippen molar-refractivity contribution in [2.75, 3.05) is 32.7 Å². The van der Waals surface area contributed by atoms with E-state index in [1.165, 1.54) is 56.6 Å². The summed E-state index contributed by atoms with van der Waals surface area (Å²) in [5.41, 5.74) is 3.83. The molecule has 1 fully saturated rings. The highest BCUT2D eigenvalue weighted by molar-refractivity contribution is 5.27. The predicted molar refractivity (Wildman–Crippen MR) is 100 cm³/mol. The lowest BCUT2D eigenvalue weighted by atomic mass is 10.1. The van der Waals surface area contributed by atoms with E-state index in [0.29, 0.717) is 0 Å². The van der Waals surface area contributed by atoms with Crippen molar-refractivity contribution in [1.29, 1.82) is 0 Å². The molecule has 0 saturated carbocycles. The van der Waals surface area contributed by atoms with Crippen molar-refractivity contribution in [2.45, 2.75) is 45.4 Å². The predicted octanol–water partition coefficient (Wildman–Crippen LogP) is 3.74. The number of rotatable bonds is 9. The zero-order valence-electron chi connectivity index (χ0n) is 14.7. The highest BCUT2D eigenvalue weighted by Gasteiger charge is 2.10. The summed E-state index contributed by atoms with van der Waals surface area (Å²) < 4.78 is 0. The molecule has 0 aromatic carbocycles. The van der Waals surface area contributed by atoms with Crippen molar-refractivity contribution >= 4 is 0 Å². The number of nitrogens with one attached hydrogen (secondary N) is 2. The number of hydrogen-bond acceptors (Lipinski definition) is 3. The summed E-state index contributed by atoms with van der Waals surface area (Å²) in [7, 11) is 0. The molecule has 2 heterocycles. The summed E-state index contributed by atoms with van der Waals surface area (Å²) in [5.74, 6) is 0. The fourth-order valence-corrected chi connectivity index (χ4v) is 3.21. The van der Waals surface area contributed by atoms with Gasteiger partial charge < -0.3 is 15.5 Å². The molecule has 2 rings (SSSR count). The number of hydrogen-bond donors (Lipinski definition) is 2. The molecule has 2 N–H and O–H groups in total. The van der Waals surface area contributed by atoms with Crippen LogP contribution in [0.3, 0.4) is 0 Å². The molecule has 0 spiro atoms. The zero-order valence-corrected chi connectivity index (χ0v) is 14.7. The lowest BCUT2D eigenvalue weighted by Gasteiger charge is -2.26. The zero-order chi connectivity index (χ0) is 16.3. The first-order chi connectivity index (χ1) is 11.3. The Balaban J connectivity index is 1.65. The van der Waals surface area contributed by atoms with Gasteiger partial charge in [-0.05, 0) is 52.4 Å². The lowest BCUT2D eigenvalue weighted by Crippen LogP contribution is -2.32. The second-order valence-corrected chi connectivity index (χ2v) is 6.62. The molecule has 0 aliphatic carbocycles. The van der Waals surface area contributed by atoms with Gasteiger partial charge in [-0.2, -0.15) is 0 Å². The largest absolute Gasteiger partial charge is 0.362 e. The quantitative estimate of drug-likeness (QED) is 0.501. The van der Waals surface area contributed by atoms with E-state index in [-0.39, 0.29) is 0 Å². The maximum Gasteiger partial charge on any atom is 0.0171 e. The summed E-state index contributed by atoms with van der Waals surface area (Å²) in [6.45, 7) is 12.0. The van der Waals surface area contributed by atoms with Crippen LogP contribution in [-0.4, -0.2) is 37.6 Å². The third-order valence-corrected chi connectivity index (χ3v) is 4.50. The molecule has 3 nitrogen and oxygen atoms in total. The van der Waals surface area contributed by atoms with Gasteiger partial charge in [0.25, 0.3) is 0 Å². The number of nitrogens with zero attached hydrogens (tertiary/aromatic N) is 1. The number of piperidine rings is 1. The first kappa shape index (κ1) is 18.0. The minimum absolute atomic E-state index is 0.968. The van der Waals surface area contributed by atoms with Crippen molar-refractivity contribution in [2.24, 2.45) is 0 Å². The van der Waals surface area contributed by atoms with E-state index in [9.17, 15) is 0 Å². The van der Waals surface area contributed by atoms with Gasteiger partial charge in [-0.25, -0.2) is 0 Å². The molecule has 0 bridgehead atoms. The number of allylic oxidation sites excluding steroid dienone is 5. The first-order valence-corrected chi connectivity index (χ1v) is 9.15. The maximum atomic E-state index is 3.99. The molecular formula is C20H33N3. The normalized spacial score (nSPS) is 20.1. The van der Waals surface area contributed by atoms with Crippen molar-refractivity contribution < 1.29 is 0 Å². The second-order valence-electron chi connectivity index (χ2n) is 6.62. The molecule has 0 radical (unpaired) electrons. The van der Waals surface area contributed by atoms with Gasteiger partial charge in [0, 0.05) is 30.8 Å². The molecule has 1 saturated heterocycles. The third kappa shape index (κ3) is 7.19. The van der Waals surface area contributed by atoms with Gasteiger partial charge in [0.15, 0.2) is 0 Å². The van der Waals surface area contributed by atoms with Crippen LogP contribution >= 0.6 is 0 Å². The van der Waals surface area contributed by atoms with E-state index in [1.54, 1.807) is 0 Å². The van der Waals surface area contributed by atoms with Gasteiger partial charge in [-0.15, -0.1) is 0 Å². The SMILES string of the molecule is C=C1CC=C(C/C(=C\C=C/C)CNCCCN2CCCCC2)N1. The summed E-state index contributed by atoms with van der Waals surface area (Å²) in [4.78, 5) is 2.61. The summed E-state index contributed by atoms with van der Waals surface area (Å²) >= 11 is 0. The van der Waals surface area contributed by atoms with E-state index in [4.69, 9.17) is 0 Å². The first-order valence-electron chi connectivity index (χ1n) is 9.15. The van der Waals surface area contributed by atoms with Gasteiger partial charge in [-0.1, -0.05) is 42.9 Å². The van der Waals surface area contributed by atoms with Crippen molar-refractivity contribution in [1.82, 2.24) is 15.5 Å². The van der Waals surface area contributed by atoms with Crippen LogP contribution in [-0.2, 0) is 0 Å². The Morgan fingerprint density at radius 3 is 2.87 bits per heavy atom. The minimum Gasteiger partial charge on any atom is -0.362 e. The van der Waals surface area contributed by atoms with Crippen LogP contribution in [0.1, 0.15) is 45.4 Å². The van der Waals surface area contributed by atoms with Crippen molar-refractivity contribution in [3.8, 4) is 0 Å². The molecular weight excluding hydrogens is 282 g/mol. The molecule has 23 heavy (non-hydrogen) atoms. The lowest BCUT2D eigenvalue weighted by molar-refractivity contribution is 0.226. The highest BCUT2D eigenvalue weighted by atomic mass is 15.1.